The van der Waals surface area contributed by atoms with E-state index in [0.717, 1.165) is 12.3 Å². The Morgan fingerprint density at radius 1 is 0.949 bits per heavy atom. The molecule has 3 aromatic carbocycles. The summed E-state index contributed by atoms with van der Waals surface area (Å²) in [6, 6.07) is 20.0. The highest BCUT2D eigenvalue weighted by Gasteiger charge is 2.49. The second-order valence-electron chi connectivity index (χ2n) is 9.62. The molecule has 0 spiro atoms. The lowest BCUT2D eigenvalue weighted by Gasteiger charge is -2.42. The maximum atomic E-state index is 15.4. The molecule has 3 atom stereocenters. The van der Waals surface area contributed by atoms with Crippen LogP contribution in [0.5, 0.6) is 5.75 Å². The summed E-state index contributed by atoms with van der Waals surface area (Å²) >= 11 is 0. The molecule has 1 aromatic heterocycles. The Balaban J connectivity index is 1.57. The summed E-state index contributed by atoms with van der Waals surface area (Å²) in [6.07, 6.45) is 2.27. The van der Waals surface area contributed by atoms with Crippen molar-refractivity contribution in [3.63, 3.8) is 0 Å². The van der Waals surface area contributed by atoms with Crippen molar-refractivity contribution in [1.82, 2.24) is 14.7 Å². The first-order valence-corrected chi connectivity index (χ1v) is 12.6. The van der Waals surface area contributed by atoms with Crippen molar-refractivity contribution in [3.8, 4) is 5.75 Å². The van der Waals surface area contributed by atoms with Crippen LogP contribution >= 0.6 is 0 Å². The molecule has 0 N–H and O–H groups in total. The summed E-state index contributed by atoms with van der Waals surface area (Å²) in [6.45, 7) is 0.405. The average molecular weight is 528 g/mol. The van der Waals surface area contributed by atoms with Crippen molar-refractivity contribution >= 4 is 11.9 Å². The Hall–Kier alpha value is -4.66. The first-order valence-electron chi connectivity index (χ1n) is 12.6. The van der Waals surface area contributed by atoms with Crippen molar-refractivity contribution in [2.45, 2.75) is 30.8 Å². The van der Waals surface area contributed by atoms with E-state index in [-0.39, 0.29) is 16.8 Å². The molecule has 6 rings (SSSR count). The summed E-state index contributed by atoms with van der Waals surface area (Å²) in [4.78, 5) is 41.3. The third-order valence-corrected chi connectivity index (χ3v) is 7.43. The molecule has 39 heavy (non-hydrogen) atoms. The Labute approximate surface area is 222 Å². The minimum atomic E-state index is -0.994. The largest absolute Gasteiger partial charge is 0.416 e. The number of halogens is 2. The number of rotatable bonds is 5. The van der Waals surface area contributed by atoms with Crippen LogP contribution in [0.1, 0.15) is 56.8 Å². The van der Waals surface area contributed by atoms with E-state index in [1.165, 1.54) is 28.9 Å². The highest BCUT2D eigenvalue weighted by atomic mass is 19.2. The van der Waals surface area contributed by atoms with E-state index in [1.807, 2.05) is 18.2 Å². The van der Waals surface area contributed by atoms with Crippen LogP contribution in [0.3, 0.4) is 0 Å². The third kappa shape index (κ3) is 4.20. The first-order chi connectivity index (χ1) is 19.0. The quantitative estimate of drug-likeness (QED) is 0.351. The molecule has 1 amide bonds. The Kier molecular flexibility index (Phi) is 6.26. The number of benzene rings is 3. The fourth-order valence-electron chi connectivity index (χ4n) is 5.74. The molecule has 0 bridgehead atoms. The van der Waals surface area contributed by atoms with Gasteiger partial charge in [-0.2, -0.15) is 5.10 Å². The van der Waals surface area contributed by atoms with Crippen LogP contribution in [-0.4, -0.2) is 39.1 Å². The van der Waals surface area contributed by atoms with Crippen LogP contribution in [0.4, 0.5) is 8.78 Å². The number of carbonyl (C=O) groups excluding carboxylic acids is 2. The maximum Gasteiger partial charge on any atom is 0.343 e. The molecule has 0 saturated carbocycles. The predicted molar refractivity (Wildman–Crippen MR) is 138 cm³/mol. The van der Waals surface area contributed by atoms with Crippen LogP contribution in [0.2, 0.25) is 0 Å². The standard InChI is InChI=1S/C30H23F2N3O4/c31-21-14-7-13-20(25(21)32)24(18-9-3-1-4-10-18)26-22-15-8-16-34(22)29(37)27-28(23(36)17-33-35(26)27)39-30(38)19-11-5-2-6-12-19/h1-7,9-14,17,22,24,26H,8,15-16H2/t22-,24?,26-/m1/s1. The van der Waals surface area contributed by atoms with Crippen molar-refractivity contribution in [2.24, 2.45) is 0 Å². The third-order valence-electron chi connectivity index (χ3n) is 7.43. The second kappa shape index (κ2) is 9.90. The monoisotopic (exact) mass is 527 g/mol. The molecule has 196 valence electrons. The van der Waals surface area contributed by atoms with E-state index in [1.54, 1.807) is 35.2 Å². The fraction of sp³-hybridized carbons (Fsp3) is 0.200. The summed E-state index contributed by atoms with van der Waals surface area (Å²) in [7, 11) is 0. The number of carbonyl (C=O) groups is 2. The average Bonchev–Trinajstić information content (AvgIpc) is 3.45. The van der Waals surface area contributed by atoms with Crippen molar-refractivity contribution in [3.05, 3.63) is 129 Å². The molecule has 0 aliphatic carbocycles. The van der Waals surface area contributed by atoms with Gasteiger partial charge in [0.05, 0.1) is 23.8 Å². The molecule has 1 fully saturated rings. The van der Waals surface area contributed by atoms with Crippen molar-refractivity contribution in [2.75, 3.05) is 6.54 Å². The van der Waals surface area contributed by atoms with E-state index < -0.39 is 52.7 Å². The number of ether oxygens (including phenoxy) is 1. The zero-order valence-corrected chi connectivity index (χ0v) is 20.7. The van der Waals surface area contributed by atoms with Crippen molar-refractivity contribution < 1.29 is 23.1 Å². The van der Waals surface area contributed by atoms with Crippen LogP contribution in [0, 0.1) is 11.6 Å². The van der Waals surface area contributed by atoms with Gasteiger partial charge in [-0.05, 0) is 36.6 Å². The molecule has 3 heterocycles. The number of amides is 1. The zero-order valence-electron chi connectivity index (χ0n) is 20.7. The van der Waals surface area contributed by atoms with E-state index in [0.29, 0.717) is 24.9 Å². The van der Waals surface area contributed by atoms with Gasteiger partial charge < -0.3 is 9.64 Å². The van der Waals surface area contributed by atoms with Gasteiger partial charge in [-0.3, -0.25) is 9.59 Å². The zero-order chi connectivity index (χ0) is 27.1. The van der Waals surface area contributed by atoms with E-state index in [9.17, 15) is 18.8 Å². The van der Waals surface area contributed by atoms with Gasteiger partial charge in [0.15, 0.2) is 17.3 Å². The fourth-order valence-corrected chi connectivity index (χ4v) is 5.74. The highest BCUT2D eigenvalue weighted by Crippen LogP contribution is 2.46. The molecular weight excluding hydrogens is 504 g/mol. The van der Waals surface area contributed by atoms with E-state index >= 15 is 4.39 Å². The van der Waals surface area contributed by atoms with Crippen LogP contribution in [0.15, 0.2) is 89.9 Å². The molecule has 4 aromatic rings. The molecule has 9 heteroatoms. The van der Waals surface area contributed by atoms with E-state index in [2.05, 4.69) is 5.10 Å². The number of nitrogens with zero attached hydrogens (tertiary/aromatic N) is 3. The summed E-state index contributed by atoms with van der Waals surface area (Å²) in [5.74, 6) is -4.50. The van der Waals surface area contributed by atoms with Crippen LogP contribution in [-0.2, 0) is 0 Å². The van der Waals surface area contributed by atoms with Gasteiger partial charge in [0.25, 0.3) is 5.91 Å². The normalized spacial score (nSPS) is 18.8. The summed E-state index contributed by atoms with van der Waals surface area (Å²) in [5, 5.41) is 4.32. The molecule has 2 aliphatic heterocycles. The van der Waals surface area contributed by atoms with Gasteiger partial charge >= 0.3 is 5.97 Å². The minimum absolute atomic E-state index is 0.0988. The van der Waals surface area contributed by atoms with Gasteiger partial charge in [0.2, 0.25) is 11.2 Å². The van der Waals surface area contributed by atoms with Gasteiger partial charge in [0.1, 0.15) is 0 Å². The van der Waals surface area contributed by atoms with Gasteiger partial charge in [-0.25, -0.2) is 18.3 Å². The Bertz CT molecular complexity index is 1620. The van der Waals surface area contributed by atoms with Crippen molar-refractivity contribution in [1.29, 1.82) is 0 Å². The Morgan fingerprint density at radius 3 is 2.41 bits per heavy atom. The number of hydrogen-bond acceptors (Lipinski definition) is 5. The maximum absolute atomic E-state index is 15.4. The number of fused-ring (bicyclic) bond motifs is 2. The molecule has 7 nitrogen and oxygen atoms in total. The minimum Gasteiger partial charge on any atom is -0.416 e. The number of aromatic nitrogens is 2. The summed E-state index contributed by atoms with van der Waals surface area (Å²) in [5.41, 5.74) is 0.0654. The number of esters is 1. The smallest absolute Gasteiger partial charge is 0.343 e. The molecule has 2 aliphatic rings. The lowest BCUT2D eigenvalue weighted by Crippen LogP contribution is -2.51. The lowest BCUT2D eigenvalue weighted by atomic mass is 9.79. The van der Waals surface area contributed by atoms with Gasteiger partial charge in [-0.15, -0.1) is 0 Å². The first kappa shape index (κ1) is 24.7. The Morgan fingerprint density at radius 2 is 1.67 bits per heavy atom. The lowest BCUT2D eigenvalue weighted by molar-refractivity contribution is 0.0554. The van der Waals surface area contributed by atoms with Gasteiger partial charge in [-0.1, -0.05) is 60.7 Å². The SMILES string of the molecule is O=C(Oc1c2n(ncc1=O)[C@@H](C(c1ccccc1)c1cccc(F)c1F)[C@H]1CCCN1C2=O)c1ccccc1. The summed E-state index contributed by atoms with van der Waals surface area (Å²) < 4.78 is 36.8. The molecule has 0 radical (unpaired) electrons. The highest BCUT2D eigenvalue weighted by molar-refractivity contribution is 5.98. The van der Waals surface area contributed by atoms with Gasteiger partial charge in [0, 0.05) is 18.0 Å². The topological polar surface area (TPSA) is 81.5 Å². The van der Waals surface area contributed by atoms with Crippen LogP contribution < -0.4 is 10.2 Å². The van der Waals surface area contributed by atoms with E-state index in [4.69, 9.17) is 4.74 Å². The predicted octanol–water partition coefficient (Wildman–Crippen LogP) is 4.73. The molecular formula is C30H23F2N3O4. The second-order valence-corrected chi connectivity index (χ2v) is 9.62. The van der Waals surface area contributed by atoms with Crippen LogP contribution in [0.25, 0.3) is 0 Å². The molecule has 1 unspecified atom stereocenters. The number of hydrogen-bond donors (Lipinski definition) is 0. The molecule has 1 saturated heterocycles.